The first-order chi connectivity index (χ1) is 10.9. The summed E-state index contributed by atoms with van der Waals surface area (Å²) in [5.41, 5.74) is 2.43. The van der Waals surface area contributed by atoms with Crippen molar-refractivity contribution in [3.05, 3.63) is 51.1 Å². The first-order valence-electron chi connectivity index (χ1n) is 7.39. The first kappa shape index (κ1) is 16.0. The molecule has 6 heteroatoms. The highest BCUT2D eigenvalue weighted by atomic mass is 35.5. The normalized spacial score (nSPS) is 11.5. The molecule has 4 nitrogen and oxygen atoms in total. The highest BCUT2D eigenvalue weighted by Crippen LogP contribution is 2.27. The number of carbonyl (C=O) groups is 1. The molecule has 1 aromatic carbocycles. The molecule has 0 aliphatic heterocycles. The maximum atomic E-state index is 11.0. The Hall–Kier alpha value is -1.85. The molecule has 2 aromatic heterocycles. The highest BCUT2D eigenvalue weighted by Gasteiger charge is 2.13. The molecule has 23 heavy (non-hydrogen) atoms. The molecule has 3 aromatic rings. The lowest BCUT2D eigenvalue weighted by molar-refractivity contribution is 0.0691. The van der Waals surface area contributed by atoms with E-state index in [1.807, 2.05) is 12.1 Å². The fraction of sp³-hybridized carbons (Fsp3) is 0.294. The molecule has 0 aliphatic carbocycles. The Morgan fingerprint density at radius 3 is 2.87 bits per heavy atom. The summed E-state index contributed by atoms with van der Waals surface area (Å²) >= 11 is 7.51. The van der Waals surface area contributed by atoms with Crippen molar-refractivity contribution in [3.63, 3.8) is 0 Å². The third kappa shape index (κ3) is 3.41. The van der Waals surface area contributed by atoms with E-state index in [0.29, 0.717) is 17.5 Å². The second-order valence-electron chi connectivity index (χ2n) is 5.97. The number of benzene rings is 1. The summed E-state index contributed by atoms with van der Waals surface area (Å²) in [7, 11) is 0. The van der Waals surface area contributed by atoms with Gasteiger partial charge in [0.05, 0.1) is 12.1 Å². The molecule has 2 heterocycles. The molecular formula is C17H17ClN2O2S. The number of halogens is 1. The fourth-order valence-electron chi connectivity index (χ4n) is 2.70. The van der Waals surface area contributed by atoms with Crippen LogP contribution in [0, 0.1) is 5.92 Å². The van der Waals surface area contributed by atoms with Crippen LogP contribution in [-0.2, 0) is 13.0 Å². The minimum atomic E-state index is -0.992. The van der Waals surface area contributed by atoms with Gasteiger partial charge in [0, 0.05) is 22.0 Å². The lowest BCUT2D eigenvalue weighted by Gasteiger charge is -2.02. The molecule has 1 N–H and O–H groups in total. The van der Waals surface area contributed by atoms with Gasteiger partial charge in [-0.05, 0) is 30.0 Å². The van der Waals surface area contributed by atoms with Crippen LogP contribution in [-0.4, -0.2) is 20.6 Å². The van der Waals surface area contributed by atoms with Crippen LogP contribution >= 0.6 is 22.9 Å². The van der Waals surface area contributed by atoms with Crippen molar-refractivity contribution in [3.8, 4) is 0 Å². The fourth-order valence-corrected chi connectivity index (χ4v) is 3.63. The molecule has 0 saturated carbocycles. The van der Waals surface area contributed by atoms with Gasteiger partial charge >= 0.3 is 5.97 Å². The SMILES string of the molecule is CC(C)Cc1cn(Cc2nc(C(=O)O)cs2)c2cc(Cl)ccc12. The molecular weight excluding hydrogens is 332 g/mol. The minimum Gasteiger partial charge on any atom is -0.476 e. The standard InChI is InChI=1S/C17H17ClN2O2S/c1-10(2)5-11-7-20(15-6-12(18)3-4-13(11)15)8-16-19-14(9-23-16)17(21)22/h3-4,6-7,9-10H,5,8H2,1-2H3,(H,21,22). The van der Waals surface area contributed by atoms with Crippen LogP contribution in [0.4, 0.5) is 0 Å². The summed E-state index contributed by atoms with van der Waals surface area (Å²) in [6.07, 6.45) is 3.12. The maximum absolute atomic E-state index is 11.0. The summed E-state index contributed by atoms with van der Waals surface area (Å²) in [5.74, 6) is -0.434. The maximum Gasteiger partial charge on any atom is 0.355 e. The zero-order valence-corrected chi connectivity index (χ0v) is 14.5. The number of hydrogen-bond donors (Lipinski definition) is 1. The third-order valence-corrected chi connectivity index (χ3v) is 4.70. The van der Waals surface area contributed by atoms with E-state index < -0.39 is 5.97 Å². The second kappa shape index (κ2) is 6.34. The van der Waals surface area contributed by atoms with Crippen LogP contribution in [0.5, 0.6) is 0 Å². The van der Waals surface area contributed by atoms with Gasteiger partial charge in [0.1, 0.15) is 5.01 Å². The molecule has 0 radical (unpaired) electrons. The van der Waals surface area contributed by atoms with Gasteiger partial charge in [-0.1, -0.05) is 31.5 Å². The van der Waals surface area contributed by atoms with Crippen LogP contribution in [0.2, 0.25) is 5.02 Å². The zero-order valence-electron chi connectivity index (χ0n) is 12.9. The Labute approximate surface area is 143 Å². The molecule has 0 spiro atoms. The van der Waals surface area contributed by atoms with Gasteiger partial charge in [-0.3, -0.25) is 0 Å². The largest absolute Gasteiger partial charge is 0.476 e. The number of carboxylic acids is 1. The Morgan fingerprint density at radius 2 is 2.22 bits per heavy atom. The predicted molar refractivity (Wildman–Crippen MR) is 93.7 cm³/mol. The Kier molecular flexibility index (Phi) is 4.41. The number of aromatic carboxylic acids is 1. The summed E-state index contributed by atoms with van der Waals surface area (Å²) in [6.45, 7) is 4.94. The second-order valence-corrected chi connectivity index (χ2v) is 7.35. The Balaban J connectivity index is 2.01. The topological polar surface area (TPSA) is 55.1 Å². The van der Waals surface area contributed by atoms with E-state index in [2.05, 4.69) is 35.7 Å². The van der Waals surface area contributed by atoms with E-state index in [0.717, 1.165) is 16.9 Å². The summed E-state index contributed by atoms with van der Waals surface area (Å²) in [4.78, 5) is 15.1. The van der Waals surface area contributed by atoms with Crippen molar-refractivity contribution in [2.24, 2.45) is 5.92 Å². The molecule has 0 atom stereocenters. The monoisotopic (exact) mass is 348 g/mol. The highest BCUT2D eigenvalue weighted by molar-refractivity contribution is 7.09. The van der Waals surface area contributed by atoms with Crippen molar-refractivity contribution in [1.29, 1.82) is 0 Å². The van der Waals surface area contributed by atoms with Gasteiger partial charge in [0.2, 0.25) is 0 Å². The molecule has 120 valence electrons. The Bertz CT molecular complexity index is 867. The number of hydrogen-bond acceptors (Lipinski definition) is 3. The number of thiazole rings is 1. The van der Waals surface area contributed by atoms with Gasteiger partial charge in [-0.2, -0.15) is 0 Å². The van der Waals surface area contributed by atoms with Crippen molar-refractivity contribution in [1.82, 2.24) is 9.55 Å². The summed E-state index contributed by atoms with van der Waals surface area (Å²) in [5, 5.41) is 13.2. The molecule has 0 fully saturated rings. The van der Waals surface area contributed by atoms with E-state index in [4.69, 9.17) is 16.7 Å². The van der Waals surface area contributed by atoms with Crippen LogP contribution in [0.3, 0.4) is 0 Å². The van der Waals surface area contributed by atoms with Crippen LogP contribution in [0.1, 0.15) is 34.9 Å². The molecule has 0 saturated heterocycles. The lowest BCUT2D eigenvalue weighted by Crippen LogP contribution is -2.00. The Morgan fingerprint density at radius 1 is 1.43 bits per heavy atom. The van der Waals surface area contributed by atoms with Crippen molar-refractivity contribution < 1.29 is 9.90 Å². The smallest absolute Gasteiger partial charge is 0.355 e. The number of rotatable bonds is 5. The first-order valence-corrected chi connectivity index (χ1v) is 8.64. The average Bonchev–Trinajstić information content (AvgIpc) is 3.05. The molecule has 0 aliphatic rings. The van der Waals surface area contributed by atoms with Crippen LogP contribution in [0.25, 0.3) is 10.9 Å². The number of aromatic nitrogens is 2. The quantitative estimate of drug-likeness (QED) is 0.727. The van der Waals surface area contributed by atoms with Gasteiger partial charge in [-0.25, -0.2) is 9.78 Å². The number of nitrogens with zero attached hydrogens (tertiary/aromatic N) is 2. The molecule has 0 unspecified atom stereocenters. The zero-order chi connectivity index (χ0) is 16.6. The number of fused-ring (bicyclic) bond motifs is 1. The van der Waals surface area contributed by atoms with E-state index >= 15 is 0 Å². The van der Waals surface area contributed by atoms with Crippen LogP contribution < -0.4 is 0 Å². The van der Waals surface area contributed by atoms with Gasteiger partial charge in [-0.15, -0.1) is 11.3 Å². The minimum absolute atomic E-state index is 0.0990. The van der Waals surface area contributed by atoms with E-state index in [1.54, 1.807) is 5.38 Å². The summed E-state index contributed by atoms with van der Waals surface area (Å²) in [6, 6.07) is 5.91. The van der Waals surface area contributed by atoms with Crippen molar-refractivity contribution in [2.45, 2.75) is 26.8 Å². The van der Waals surface area contributed by atoms with Crippen molar-refractivity contribution in [2.75, 3.05) is 0 Å². The summed E-state index contributed by atoms with van der Waals surface area (Å²) < 4.78 is 2.10. The van der Waals surface area contributed by atoms with E-state index in [9.17, 15) is 4.79 Å². The van der Waals surface area contributed by atoms with Crippen molar-refractivity contribution >= 4 is 39.8 Å². The van der Waals surface area contributed by atoms with E-state index in [1.165, 1.54) is 22.3 Å². The molecule has 0 amide bonds. The van der Waals surface area contributed by atoms with E-state index in [-0.39, 0.29) is 5.69 Å². The van der Waals surface area contributed by atoms with Gasteiger partial charge < -0.3 is 9.67 Å². The lowest BCUT2D eigenvalue weighted by atomic mass is 10.0. The van der Waals surface area contributed by atoms with Gasteiger partial charge in [0.15, 0.2) is 5.69 Å². The van der Waals surface area contributed by atoms with Crippen LogP contribution in [0.15, 0.2) is 29.8 Å². The average molecular weight is 349 g/mol. The third-order valence-electron chi connectivity index (χ3n) is 3.63. The molecule has 3 rings (SSSR count). The predicted octanol–water partition coefficient (Wildman–Crippen LogP) is 4.70. The number of carboxylic acid groups (broad SMARTS) is 1. The molecule has 0 bridgehead atoms. The van der Waals surface area contributed by atoms with Gasteiger partial charge in [0.25, 0.3) is 0 Å².